The van der Waals surface area contributed by atoms with Crippen LogP contribution < -0.4 is 0 Å². The molecule has 0 radical (unpaired) electrons. The number of aryl methyl sites for hydroxylation is 1. The lowest BCUT2D eigenvalue weighted by atomic mass is 10.1. The molecule has 0 aliphatic carbocycles. The Morgan fingerprint density at radius 2 is 2.05 bits per heavy atom. The molecule has 0 amide bonds. The molecule has 1 saturated heterocycles. The number of ether oxygens (including phenoxy) is 2. The molecule has 2 atom stereocenters. The highest BCUT2D eigenvalue weighted by Gasteiger charge is 2.28. The third kappa shape index (κ3) is 3.23. The normalized spacial score (nSPS) is 22.6. The van der Waals surface area contributed by atoms with Crippen LogP contribution in [0.1, 0.15) is 46.0 Å². The molecule has 1 N–H and O–H groups in total. The summed E-state index contributed by atoms with van der Waals surface area (Å²) in [5.41, 5.74) is 2.26. The minimum atomic E-state index is -0.418. The van der Waals surface area contributed by atoms with Crippen LogP contribution in [0.25, 0.3) is 0 Å². The summed E-state index contributed by atoms with van der Waals surface area (Å²) in [7, 11) is 1.34. The number of morpholine rings is 1. The van der Waals surface area contributed by atoms with Crippen molar-refractivity contribution >= 4 is 11.8 Å². The van der Waals surface area contributed by atoms with Gasteiger partial charge in [0.05, 0.1) is 37.6 Å². The number of ketones is 1. The van der Waals surface area contributed by atoms with Gasteiger partial charge in [0.25, 0.3) is 0 Å². The number of nitrogens with zero attached hydrogens (tertiary/aromatic N) is 1. The molecule has 1 aliphatic heterocycles. The number of nitrogens with one attached hydrogen (secondary N) is 1. The van der Waals surface area contributed by atoms with E-state index in [0.717, 1.165) is 6.54 Å². The van der Waals surface area contributed by atoms with Crippen molar-refractivity contribution in [2.75, 3.05) is 26.8 Å². The first-order chi connectivity index (χ1) is 10.3. The monoisotopic (exact) mass is 308 g/mol. The quantitative estimate of drug-likeness (QED) is 0.677. The van der Waals surface area contributed by atoms with Crippen LogP contribution in [0.3, 0.4) is 0 Å². The highest BCUT2D eigenvalue weighted by molar-refractivity contribution is 6.02. The number of aromatic nitrogens is 1. The van der Waals surface area contributed by atoms with Gasteiger partial charge in [-0.3, -0.25) is 9.69 Å². The molecule has 0 bridgehead atoms. The van der Waals surface area contributed by atoms with Crippen molar-refractivity contribution in [1.82, 2.24) is 9.88 Å². The van der Waals surface area contributed by atoms with E-state index in [9.17, 15) is 9.59 Å². The lowest BCUT2D eigenvalue weighted by molar-refractivity contribution is -0.0460. The summed E-state index contributed by atoms with van der Waals surface area (Å²) >= 11 is 0. The van der Waals surface area contributed by atoms with Gasteiger partial charge in [0.1, 0.15) is 0 Å². The minimum Gasteiger partial charge on any atom is -0.465 e. The first-order valence-electron chi connectivity index (χ1n) is 7.51. The van der Waals surface area contributed by atoms with Crippen LogP contribution in [-0.4, -0.2) is 60.6 Å². The molecule has 0 aromatic carbocycles. The molecular formula is C16H24N2O4. The highest BCUT2D eigenvalue weighted by atomic mass is 16.5. The lowest BCUT2D eigenvalue weighted by Crippen LogP contribution is -2.49. The molecule has 0 spiro atoms. The van der Waals surface area contributed by atoms with Gasteiger partial charge in [0.15, 0.2) is 5.78 Å². The van der Waals surface area contributed by atoms with Crippen molar-refractivity contribution in [3.05, 3.63) is 22.5 Å². The molecule has 6 heteroatoms. The Morgan fingerprint density at radius 1 is 1.36 bits per heavy atom. The predicted octanol–water partition coefficient (Wildman–Crippen LogP) is 1.71. The van der Waals surface area contributed by atoms with Crippen LogP contribution in [-0.2, 0) is 9.47 Å². The summed E-state index contributed by atoms with van der Waals surface area (Å²) in [6.07, 6.45) is 0.126. The smallest absolute Gasteiger partial charge is 0.339 e. The Balaban J connectivity index is 2.18. The second-order valence-electron chi connectivity index (χ2n) is 5.96. The van der Waals surface area contributed by atoms with Crippen LogP contribution in [0, 0.1) is 13.8 Å². The summed E-state index contributed by atoms with van der Waals surface area (Å²) in [6.45, 7) is 9.27. The number of H-pyrrole nitrogens is 1. The van der Waals surface area contributed by atoms with Gasteiger partial charge in [-0.2, -0.15) is 0 Å². The fraction of sp³-hybridized carbons (Fsp3) is 0.625. The zero-order chi connectivity index (χ0) is 16.4. The maximum Gasteiger partial charge on any atom is 0.339 e. The van der Waals surface area contributed by atoms with Crippen LogP contribution in [0.4, 0.5) is 0 Å². The van der Waals surface area contributed by atoms with Crippen molar-refractivity contribution < 1.29 is 19.1 Å². The number of methoxy groups -OCH3 is 1. The maximum atomic E-state index is 12.6. The topological polar surface area (TPSA) is 71.6 Å². The Hall–Kier alpha value is -1.66. The number of carbonyl (C=O) groups is 2. The summed E-state index contributed by atoms with van der Waals surface area (Å²) in [4.78, 5) is 29.5. The van der Waals surface area contributed by atoms with Gasteiger partial charge in [-0.1, -0.05) is 0 Å². The SMILES string of the molecule is COC(=O)c1c(C)[nH]c(C(=O)CN2C[C@@H](C)OC[C@H]2C)c1C. The van der Waals surface area contributed by atoms with Crippen molar-refractivity contribution in [1.29, 1.82) is 0 Å². The molecule has 1 aliphatic rings. The van der Waals surface area contributed by atoms with E-state index in [4.69, 9.17) is 9.47 Å². The number of rotatable bonds is 4. The standard InChI is InChI=1S/C16H24N2O4/c1-9-8-22-10(2)6-18(9)7-13(19)15-11(3)14(12(4)17-15)16(20)21-5/h9-10,17H,6-8H2,1-5H3/t9-,10-/m1/s1. The molecule has 2 heterocycles. The minimum absolute atomic E-state index is 0.0169. The third-order valence-corrected chi connectivity index (χ3v) is 4.19. The number of esters is 1. The second-order valence-corrected chi connectivity index (χ2v) is 5.96. The van der Waals surface area contributed by atoms with Crippen LogP contribution in [0.5, 0.6) is 0 Å². The molecule has 2 rings (SSSR count). The van der Waals surface area contributed by atoms with E-state index in [1.807, 2.05) is 13.8 Å². The van der Waals surface area contributed by atoms with Gasteiger partial charge >= 0.3 is 5.97 Å². The Labute approximate surface area is 130 Å². The Kier molecular flexibility index (Phi) is 5.03. The van der Waals surface area contributed by atoms with Gasteiger partial charge in [-0.05, 0) is 33.3 Å². The summed E-state index contributed by atoms with van der Waals surface area (Å²) in [5, 5.41) is 0. The average Bonchev–Trinajstić information content (AvgIpc) is 2.77. The van der Waals surface area contributed by atoms with Crippen molar-refractivity contribution in [3.8, 4) is 0 Å². The lowest BCUT2D eigenvalue weighted by Gasteiger charge is -2.36. The molecule has 0 unspecified atom stereocenters. The van der Waals surface area contributed by atoms with E-state index in [1.54, 1.807) is 13.8 Å². The Bertz CT molecular complexity index is 579. The summed E-state index contributed by atoms with van der Waals surface area (Å²) in [5.74, 6) is -0.435. The second kappa shape index (κ2) is 6.62. The zero-order valence-corrected chi connectivity index (χ0v) is 13.9. The van der Waals surface area contributed by atoms with Crippen LogP contribution in [0.15, 0.2) is 0 Å². The fourth-order valence-corrected chi connectivity index (χ4v) is 2.89. The van der Waals surface area contributed by atoms with Gasteiger partial charge < -0.3 is 14.5 Å². The number of aromatic amines is 1. The molecule has 6 nitrogen and oxygen atoms in total. The number of hydrogen-bond donors (Lipinski definition) is 1. The molecular weight excluding hydrogens is 284 g/mol. The average molecular weight is 308 g/mol. The third-order valence-electron chi connectivity index (χ3n) is 4.19. The molecule has 0 saturated carbocycles. The first kappa shape index (κ1) is 16.7. The van der Waals surface area contributed by atoms with Crippen molar-refractivity contribution in [3.63, 3.8) is 0 Å². The number of carbonyl (C=O) groups excluding carboxylic acids is 2. The number of Topliss-reactive ketones (excluding diaryl/α,β-unsaturated/α-hetero) is 1. The van der Waals surface area contributed by atoms with Gasteiger partial charge in [0.2, 0.25) is 0 Å². The van der Waals surface area contributed by atoms with E-state index in [0.29, 0.717) is 35.7 Å². The Morgan fingerprint density at radius 3 is 2.68 bits per heavy atom. The molecule has 1 fully saturated rings. The molecule has 1 aromatic rings. The maximum absolute atomic E-state index is 12.6. The highest BCUT2D eigenvalue weighted by Crippen LogP contribution is 2.20. The first-order valence-corrected chi connectivity index (χ1v) is 7.51. The van der Waals surface area contributed by atoms with E-state index in [2.05, 4.69) is 9.88 Å². The van der Waals surface area contributed by atoms with Crippen molar-refractivity contribution in [2.24, 2.45) is 0 Å². The van der Waals surface area contributed by atoms with E-state index < -0.39 is 5.97 Å². The van der Waals surface area contributed by atoms with Gasteiger partial charge in [-0.15, -0.1) is 0 Å². The van der Waals surface area contributed by atoms with E-state index in [-0.39, 0.29) is 17.9 Å². The van der Waals surface area contributed by atoms with Gasteiger partial charge in [-0.25, -0.2) is 4.79 Å². The van der Waals surface area contributed by atoms with E-state index in [1.165, 1.54) is 7.11 Å². The van der Waals surface area contributed by atoms with E-state index >= 15 is 0 Å². The number of hydrogen-bond acceptors (Lipinski definition) is 5. The summed E-state index contributed by atoms with van der Waals surface area (Å²) < 4.78 is 10.4. The zero-order valence-electron chi connectivity index (χ0n) is 13.9. The molecule has 122 valence electrons. The van der Waals surface area contributed by atoms with Crippen molar-refractivity contribution in [2.45, 2.75) is 39.8 Å². The largest absolute Gasteiger partial charge is 0.465 e. The fourth-order valence-electron chi connectivity index (χ4n) is 2.89. The van der Waals surface area contributed by atoms with Crippen LogP contribution in [0.2, 0.25) is 0 Å². The molecule has 22 heavy (non-hydrogen) atoms. The summed E-state index contributed by atoms with van der Waals surface area (Å²) in [6, 6.07) is 0.205. The predicted molar refractivity (Wildman–Crippen MR) is 82.4 cm³/mol. The van der Waals surface area contributed by atoms with Gasteiger partial charge in [0, 0.05) is 18.3 Å². The van der Waals surface area contributed by atoms with Crippen LogP contribution >= 0.6 is 0 Å². The molecule has 1 aromatic heterocycles.